The van der Waals surface area contributed by atoms with Gasteiger partial charge in [0.2, 0.25) is 0 Å². The molecule has 2 aromatic carbocycles. The molecular formula is C17H9IrN4-. The van der Waals surface area contributed by atoms with Crippen LogP contribution in [0, 0.1) is 6.07 Å². The number of nitrogens with zero attached hydrogens (tertiary/aromatic N) is 4. The number of pyridine rings is 1. The molecule has 0 aliphatic heterocycles. The van der Waals surface area contributed by atoms with E-state index in [0.29, 0.717) is 5.65 Å². The second kappa shape index (κ2) is 4.83. The number of hydrogen-bond acceptors (Lipinski definition) is 3. The molecule has 5 rings (SSSR count). The Bertz CT molecular complexity index is 1150. The normalized spacial score (nSPS) is 11.3. The molecule has 0 atom stereocenters. The van der Waals surface area contributed by atoms with Crippen LogP contribution in [0.2, 0.25) is 0 Å². The van der Waals surface area contributed by atoms with E-state index in [0.717, 1.165) is 22.1 Å². The molecule has 3 aromatic heterocycles. The number of benzene rings is 2. The number of rotatable bonds is 0. The SMILES string of the molecule is [Ir].[c-]1cc2ccccc2c2ccn3c4nccnc4nc3c12. The van der Waals surface area contributed by atoms with E-state index in [1.807, 2.05) is 22.7 Å². The fourth-order valence-electron chi connectivity index (χ4n) is 2.88. The van der Waals surface area contributed by atoms with Gasteiger partial charge in [0.15, 0.2) is 11.3 Å². The molecule has 0 N–H and O–H groups in total. The summed E-state index contributed by atoms with van der Waals surface area (Å²) < 4.78 is 1.97. The van der Waals surface area contributed by atoms with Crippen molar-refractivity contribution in [3.8, 4) is 0 Å². The zero-order chi connectivity index (χ0) is 13.8. The summed E-state index contributed by atoms with van der Waals surface area (Å²) in [4.78, 5) is 13.3. The predicted molar refractivity (Wildman–Crippen MR) is 82.1 cm³/mol. The maximum absolute atomic E-state index is 4.61. The largest absolute Gasteiger partial charge is 0.324 e. The van der Waals surface area contributed by atoms with Gasteiger partial charge in [0.1, 0.15) is 0 Å². The van der Waals surface area contributed by atoms with Crippen molar-refractivity contribution in [1.82, 2.24) is 19.4 Å². The molecule has 0 aliphatic carbocycles. The molecule has 3 heterocycles. The van der Waals surface area contributed by atoms with Crippen molar-refractivity contribution in [3.63, 3.8) is 0 Å². The molecule has 5 aromatic rings. The summed E-state index contributed by atoms with van der Waals surface area (Å²) in [5.41, 5.74) is 2.28. The molecule has 107 valence electrons. The molecule has 1 radical (unpaired) electrons. The first kappa shape index (κ1) is 13.3. The number of imidazole rings is 1. The maximum Gasteiger partial charge on any atom is 0.188 e. The van der Waals surface area contributed by atoms with Crippen molar-refractivity contribution < 1.29 is 20.1 Å². The van der Waals surface area contributed by atoms with Crippen LogP contribution < -0.4 is 0 Å². The average molecular weight is 462 g/mol. The van der Waals surface area contributed by atoms with Crippen molar-refractivity contribution in [1.29, 1.82) is 0 Å². The molecule has 4 nitrogen and oxygen atoms in total. The third-order valence-electron chi connectivity index (χ3n) is 3.83. The van der Waals surface area contributed by atoms with Crippen LogP contribution in [0.15, 0.2) is 55.0 Å². The van der Waals surface area contributed by atoms with E-state index >= 15 is 0 Å². The van der Waals surface area contributed by atoms with Crippen LogP contribution >= 0.6 is 0 Å². The molecule has 0 unspecified atom stereocenters. The van der Waals surface area contributed by atoms with Crippen molar-refractivity contribution >= 4 is 38.5 Å². The summed E-state index contributed by atoms with van der Waals surface area (Å²) >= 11 is 0. The standard InChI is InChI=1S/C17H9N4.Ir/c1-2-4-12-11(3-1)5-6-14-13(12)7-10-21-16(14)20-15-17(21)19-9-8-18-15;/h1-5,7-10H;/q-1;. The molecule has 0 bridgehead atoms. The van der Waals surface area contributed by atoms with Gasteiger partial charge in [-0.25, -0.2) is 9.97 Å². The Labute approximate surface area is 139 Å². The van der Waals surface area contributed by atoms with Gasteiger partial charge in [-0.2, -0.15) is 0 Å². The Kier molecular flexibility index (Phi) is 2.92. The van der Waals surface area contributed by atoms with Crippen molar-refractivity contribution in [2.45, 2.75) is 0 Å². The number of aromatic nitrogens is 4. The van der Waals surface area contributed by atoms with E-state index in [2.05, 4.69) is 45.3 Å². The second-order valence-corrected chi connectivity index (χ2v) is 4.99. The van der Waals surface area contributed by atoms with Crippen molar-refractivity contribution in [3.05, 3.63) is 61.1 Å². The summed E-state index contributed by atoms with van der Waals surface area (Å²) in [7, 11) is 0. The Hall–Kier alpha value is -2.36. The Morgan fingerprint density at radius 1 is 0.909 bits per heavy atom. The van der Waals surface area contributed by atoms with Crippen LogP contribution in [0.25, 0.3) is 38.5 Å². The molecule has 0 fully saturated rings. The maximum atomic E-state index is 4.61. The average Bonchev–Trinajstić information content (AvgIpc) is 2.93. The Balaban J connectivity index is 0.00000125. The molecule has 0 aliphatic rings. The first-order chi connectivity index (χ1) is 10.4. The van der Waals surface area contributed by atoms with E-state index in [1.54, 1.807) is 12.4 Å². The van der Waals surface area contributed by atoms with Crippen molar-refractivity contribution in [2.75, 3.05) is 0 Å². The molecule has 0 saturated carbocycles. The topological polar surface area (TPSA) is 43.1 Å². The Morgan fingerprint density at radius 3 is 2.73 bits per heavy atom. The number of fused-ring (bicyclic) bond motifs is 7. The van der Waals surface area contributed by atoms with Gasteiger partial charge in [-0.05, 0) is 6.20 Å². The van der Waals surface area contributed by atoms with E-state index in [1.165, 1.54) is 10.8 Å². The van der Waals surface area contributed by atoms with Crippen LogP contribution in [0.3, 0.4) is 0 Å². The minimum absolute atomic E-state index is 0. The van der Waals surface area contributed by atoms with Gasteiger partial charge in [0.25, 0.3) is 0 Å². The minimum Gasteiger partial charge on any atom is -0.324 e. The van der Waals surface area contributed by atoms with Gasteiger partial charge < -0.3 is 4.40 Å². The van der Waals surface area contributed by atoms with E-state index in [-0.39, 0.29) is 20.1 Å². The van der Waals surface area contributed by atoms with Crippen molar-refractivity contribution in [2.24, 2.45) is 0 Å². The summed E-state index contributed by atoms with van der Waals surface area (Å²) in [6.07, 6.45) is 5.35. The van der Waals surface area contributed by atoms with Gasteiger partial charge in [0.05, 0.1) is 5.65 Å². The predicted octanol–water partition coefficient (Wildman–Crippen LogP) is 3.38. The van der Waals surface area contributed by atoms with Gasteiger partial charge >= 0.3 is 0 Å². The first-order valence-corrected chi connectivity index (χ1v) is 6.73. The molecule has 0 amide bonds. The van der Waals surface area contributed by atoms with Gasteiger partial charge in [-0.15, -0.1) is 17.5 Å². The zero-order valence-electron chi connectivity index (χ0n) is 11.3. The summed E-state index contributed by atoms with van der Waals surface area (Å²) in [6, 6.07) is 15.8. The second-order valence-electron chi connectivity index (χ2n) is 4.99. The van der Waals surface area contributed by atoms with Crippen LogP contribution in [0.5, 0.6) is 0 Å². The summed E-state index contributed by atoms with van der Waals surface area (Å²) in [5.74, 6) is 0. The van der Waals surface area contributed by atoms with Crippen LogP contribution in [0.1, 0.15) is 0 Å². The van der Waals surface area contributed by atoms with E-state index in [9.17, 15) is 0 Å². The van der Waals surface area contributed by atoms with Crippen LogP contribution in [-0.2, 0) is 20.1 Å². The molecule has 0 saturated heterocycles. The summed E-state index contributed by atoms with van der Waals surface area (Å²) in [6.45, 7) is 0. The number of hydrogen-bond donors (Lipinski definition) is 0. The third kappa shape index (κ3) is 1.70. The quantitative estimate of drug-likeness (QED) is 0.262. The first-order valence-electron chi connectivity index (χ1n) is 6.73. The smallest absolute Gasteiger partial charge is 0.188 e. The zero-order valence-corrected chi connectivity index (χ0v) is 13.7. The van der Waals surface area contributed by atoms with Crippen LogP contribution in [0.4, 0.5) is 0 Å². The fourth-order valence-corrected chi connectivity index (χ4v) is 2.88. The monoisotopic (exact) mass is 462 g/mol. The van der Waals surface area contributed by atoms with Gasteiger partial charge in [-0.1, -0.05) is 46.5 Å². The van der Waals surface area contributed by atoms with Gasteiger partial charge in [0, 0.05) is 32.5 Å². The van der Waals surface area contributed by atoms with E-state index in [4.69, 9.17) is 0 Å². The molecule has 5 heteroatoms. The molecule has 22 heavy (non-hydrogen) atoms. The Morgan fingerprint density at radius 2 is 1.77 bits per heavy atom. The minimum atomic E-state index is 0. The van der Waals surface area contributed by atoms with Crippen LogP contribution in [-0.4, -0.2) is 19.4 Å². The molecule has 0 spiro atoms. The van der Waals surface area contributed by atoms with E-state index < -0.39 is 0 Å². The van der Waals surface area contributed by atoms with Gasteiger partial charge in [-0.3, -0.25) is 4.98 Å². The fraction of sp³-hybridized carbons (Fsp3) is 0. The molecular weight excluding hydrogens is 452 g/mol. The third-order valence-corrected chi connectivity index (χ3v) is 3.83. The summed E-state index contributed by atoms with van der Waals surface area (Å²) in [5, 5.41) is 4.54.